The molecule has 20 heavy (non-hydrogen) atoms. The summed E-state index contributed by atoms with van der Waals surface area (Å²) in [6.07, 6.45) is 6.54. The van der Waals surface area contributed by atoms with Gasteiger partial charge >= 0.3 is 0 Å². The molecule has 0 unspecified atom stereocenters. The van der Waals surface area contributed by atoms with Crippen molar-refractivity contribution in [1.82, 2.24) is 5.32 Å². The number of carbonyl (C=O) groups excluding carboxylic acids is 1. The minimum absolute atomic E-state index is 0. The lowest BCUT2D eigenvalue weighted by Gasteiger charge is -2.24. The maximum Gasteiger partial charge on any atom is 0.133 e. The van der Waals surface area contributed by atoms with Crippen LogP contribution in [0.5, 0.6) is 0 Å². The number of nitrogens with one attached hydrogen (secondary N) is 1. The largest absolute Gasteiger partial charge is 0.393 e. The molecule has 0 spiro atoms. The van der Waals surface area contributed by atoms with Gasteiger partial charge in [0.1, 0.15) is 5.78 Å². The minimum atomic E-state index is -0.201. The fourth-order valence-electron chi connectivity index (χ4n) is 2.29. The molecule has 2 rings (SSSR count). The Kier molecular flexibility index (Phi) is 14.8. The molecule has 0 aromatic rings. The van der Waals surface area contributed by atoms with Crippen molar-refractivity contribution in [2.24, 2.45) is 0 Å². The van der Waals surface area contributed by atoms with E-state index in [1.54, 1.807) is 0 Å². The van der Waals surface area contributed by atoms with Gasteiger partial charge in [0.25, 0.3) is 0 Å². The van der Waals surface area contributed by atoms with Gasteiger partial charge in [-0.1, -0.05) is 21.3 Å². The highest BCUT2D eigenvalue weighted by atomic mass is 16.3. The molecule has 2 saturated carbocycles. The van der Waals surface area contributed by atoms with Gasteiger partial charge in [-0.05, 0) is 45.6 Å². The number of ketones is 1. The molecule has 0 aromatic carbocycles. The number of hydrogen-bond acceptors (Lipinski definition) is 4. The minimum Gasteiger partial charge on any atom is -0.393 e. The van der Waals surface area contributed by atoms with Crippen LogP contribution in [0.2, 0.25) is 0 Å². The average molecular weight is 289 g/mol. The summed E-state index contributed by atoms with van der Waals surface area (Å²) in [4.78, 5) is 10.5. The number of hydrogen-bond donors (Lipinski definition) is 3. The van der Waals surface area contributed by atoms with E-state index in [4.69, 9.17) is 10.2 Å². The first-order valence-electron chi connectivity index (χ1n) is 7.67. The Morgan fingerprint density at radius 3 is 1.65 bits per heavy atom. The van der Waals surface area contributed by atoms with Crippen LogP contribution in [0, 0.1) is 0 Å². The molecule has 2 fully saturated rings. The maximum atomic E-state index is 10.5. The average Bonchev–Trinajstić information content (AvgIpc) is 2.46. The summed E-state index contributed by atoms with van der Waals surface area (Å²) < 4.78 is 0. The molecular weight excluding hydrogens is 254 g/mol. The zero-order valence-corrected chi connectivity index (χ0v) is 12.7. The lowest BCUT2D eigenvalue weighted by molar-refractivity contribution is -0.122. The summed E-state index contributed by atoms with van der Waals surface area (Å²) in [5.41, 5.74) is 0. The Labute approximate surface area is 125 Å². The molecule has 0 aliphatic heterocycles. The van der Waals surface area contributed by atoms with Gasteiger partial charge in [0.2, 0.25) is 0 Å². The highest BCUT2D eigenvalue weighted by molar-refractivity contribution is 5.79. The second kappa shape index (κ2) is 13.5. The zero-order chi connectivity index (χ0) is 14.7. The van der Waals surface area contributed by atoms with Gasteiger partial charge in [0, 0.05) is 18.9 Å². The molecule has 3 N–H and O–H groups in total. The van der Waals surface area contributed by atoms with E-state index in [9.17, 15) is 4.79 Å². The van der Waals surface area contributed by atoms with Crippen LogP contribution in [0.1, 0.15) is 72.6 Å². The van der Waals surface area contributed by atoms with Gasteiger partial charge in [-0.15, -0.1) is 0 Å². The molecule has 4 nitrogen and oxygen atoms in total. The summed E-state index contributed by atoms with van der Waals surface area (Å²) in [5, 5.41) is 21.2. The van der Waals surface area contributed by atoms with Crippen LogP contribution in [0.4, 0.5) is 0 Å². The smallest absolute Gasteiger partial charge is 0.133 e. The number of rotatable bonds is 1. The van der Waals surface area contributed by atoms with Gasteiger partial charge in [0.15, 0.2) is 0 Å². The molecule has 2 aliphatic carbocycles. The predicted octanol–water partition coefficient (Wildman–Crippen LogP) is 2.66. The first-order chi connectivity index (χ1) is 9.11. The van der Waals surface area contributed by atoms with E-state index >= 15 is 0 Å². The van der Waals surface area contributed by atoms with Crippen molar-refractivity contribution >= 4 is 5.78 Å². The van der Waals surface area contributed by atoms with Crippen LogP contribution in [-0.4, -0.2) is 41.3 Å². The number of aliphatic hydroxyl groups excluding tert-OH is 2. The Morgan fingerprint density at radius 1 is 0.900 bits per heavy atom. The van der Waals surface area contributed by atoms with Crippen molar-refractivity contribution in [3.63, 3.8) is 0 Å². The zero-order valence-electron chi connectivity index (χ0n) is 12.7. The Balaban J connectivity index is 0. The molecule has 0 atom stereocenters. The highest BCUT2D eigenvalue weighted by Crippen LogP contribution is 2.17. The van der Waals surface area contributed by atoms with E-state index < -0.39 is 0 Å². The monoisotopic (exact) mass is 289 g/mol. The van der Waals surface area contributed by atoms with E-state index in [0.717, 1.165) is 25.7 Å². The van der Waals surface area contributed by atoms with Gasteiger partial charge in [-0.2, -0.15) is 0 Å². The fourth-order valence-corrected chi connectivity index (χ4v) is 2.29. The Hall–Kier alpha value is -0.450. The summed E-state index contributed by atoms with van der Waals surface area (Å²) >= 11 is 0. The highest BCUT2D eigenvalue weighted by Gasteiger charge is 2.17. The number of Topliss-reactive ketones (excluding diaryl/α,β-unsaturated/α-hetero) is 1. The van der Waals surface area contributed by atoms with Gasteiger partial charge in [-0.25, -0.2) is 0 Å². The lowest BCUT2D eigenvalue weighted by Crippen LogP contribution is -2.31. The van der Waals surface area contributed by atoms with Crippen molar-refractivity contribution in [3.8, 4) is 0 Å². The summed E-state index contributed by atoms with van der Waals surface area (Å²) in [6, 6.07) is 0.661. The third-order valence-corrected chi connectivity index (χ3v) is 3.62. The number of carbonyl (C=O) groups is 1. The van der Waals surface area contributed by atoms with Crippen molar-refractivity contribution in [2.45, 2.75) is 90.9 Å². The molecule has 0 amide bonds. The fraction of sp³-hybridized carbons (Fsp3) is 0.938. The SMILES string of the molecule is C.CC.CNC1CCC(O)CC1.O=C1CCC(O)CC1. The predicted molar refractivity (Wildman–Crippen MR) is 84.9 cm³/mol. The van der Waals surface area contributed by atoms with E-state index in [2.05, 4.69) is 5.32 Å². The van der Waals surface area contributed by atoms with Crippen LogP contribution in [-0.2, 0) is 4.79 Å². The third-order valence-electron chi connectivity index (χ3n) is 3.62. The summed E-state index contributed by atoms with van der Waals surface area (Å²) in [5.74, 6) is 0.301. The quantitative estimate of drug-likeness (QED) is 0.694. The van der Waals surface area contributed by atoms with Gasteiger partial charge < -0.3 is 15.5 Å². The second-order valence-corrected chi connectivity index (χ2v) is 5.06. The molecule has 0 saturated heterocycles. The third kappa shape index (κ3) is 10.4. The Bertz CT molecular complexity index is 216. The van der Waals surface area contributed by atoms with Crippen molar-refractivity contribution in [2.75, 3.05) is 7.05 Å². The van der Waals surface area contributed by atoms with Crippen molar-refractivity contribution in [1.29, 1.82) is 0 Å². The molecule has 0 radical (unpaired) electrons. The van der Waals surface area contributed by atoms with Crippen LogP contribution in [0.15, 0.2) is 0 Å². The second-order valence-electron chi connectivity index (χ2n) is 5.06. The lowest BCUT2D eigenvalue weighted by atomic mass is 9.93. The molecule has 0 bridgehead atoms. The van der Waals surface area contributed by atoms with E-state index in [1.165, 1.54) is 0 Å². The Morgan fingerprint density at radius 2 is 1.30 bits per heavy atom. The summed E-state index contributed by atoms with van der Waals surface area (Å²) in [6.45, 7) is 4.00. The van der Waals surface area contributed by atoms with Crippen molar-refractivity contribution < 1.29 is 15.0 Å². The van der Waals surface area contributed by atoms with Crippen molar-refractivity contribution in [3.05, 3.63) is 0 Å². The topological polar surface area (TPSA) is 69.6 Å². The number of aliphatic hydroxyl groups is 2. The van der Waals surface area contributed by atoms with Crippen LogP contribution in [0.3, 0.4) is 0 Å². The maximum absolute atomic E-state index is 10.5. The first kappa shape index (κ1) is 21.8. The van der Waals surface area contributed by atoms with Crippen LogP contribution in [0.25, 0.3) is 0 Å². The van der Waals surface area contributed by atoms with E-state index in [1.807, 2.05) is 20.9 Å². The molecule has 0 aromatic heterocycles. The summed E-state index contributed by atoms with van der Waals surface area (Å²) in [7, 11) is 1.99. The normalized spacial score (nSPS) is 26.4. The van der Waals surface area contributed by atoms with Gasteiger partial charge in [0.05, 0.1) is 12.2 Å². The molecule has 122 valence electrons. The standard InChI is InChI=1S/C7H15NO.C6H10O2.C2H6.CH4/c1-8-6-2-4-7(9)5-3-6;7-5-1-2-6(8)4-3-5;1-2;/h6-9H,2-5H2,1H3;5,7H,1-4H2;1-2H3;1H4. The molecule has 0 heterocycles. The van der Waals surface area contributed by atoms with E-state index in [-0.39, 0.29) is 19.6 Å². The van der Waals surface area contributed by atoms with Crippen LogP contribution >= 0.6 is 0 Å². The molecule has 2 aliphatic rings. The first-order valence-corrected chi connectivity index (χ1v) is 7.67. The molecular formula is C16H35NO3. The van der Waals surface area contributed by atoms with E-state index in [0.29, 0.717) is 37.5 Å². The molecule has 4 heteroatoms. The van der Waals surface area contributed by atoms with Crippen LogP contribution < -0.4 is 5.32 Å². The van der Waals surface area contributed by atoms with Gasteiger partial charge in [-0.3, -0.25) is 4.79 Å².